The van der Waals surface area contributed by atoms with Gasteiger partial charge < -0.3 is 23.8 Å². The maximum atomic E-state index is 12.2. The highest BCUT2D eigenvalue weighted by Crippen LogP contribution is 2.18. The molecule has 6 nitrogen and oxygen atoms in total. The summed E-state index contributed by atoms with van der Waals surface area (Å²) in [6, 6.07) is 0. The van der Waals surface area contributed by atoms with E-state index < -0.39 is 11.2 Å². The summed E-state index contributed by atoms with van der Waals surface area (Å²) in [5, 5.41) is 0. The third-order valence-corrected chi connectivity index (χ3v) is 4.56. The molecule has 0 aromatic carbocycles. The largest absolute Gasteiger partial charge is 0.444 e. The third kappa shape index (κ3) is 11.1. The van der Waals surface area contributed by atoms with Crippen LogP contribution in [0.1, 0.15) is 34.6 Å². The molecule has 0 saturated heterocycles. The number of hydrogen-bond acceptors (Lipinski definition) is 5. The topological polar surface area (TPSA) is 57.2 Å². The number of carbonyl (C=O) groups excluding carboxylic acids is 1. The van der Waals surface area contributed by atoms with E-state index in [4.69, 9.17) is 18.9 Å². The summed E-state index contributed by atoms with van der Waals surface area (Å²) in [6.07, 6.45) is -0.309. The smallest absolute Gasteiger partial charge is 0.410 e. The molecular formula is C16H32INO5. The van der Waals surface area contributed by atoms with Gasteiger partial charge in [0.2, 0.25) is 0 Å². The number of amides is 1. The van der Waals surface area contributed by atoms with E-state index in [1.54, 1.807) is 12.0 Å². The van der Waals surface area contributed by atoms with Gasteiger partial charge in [-0.15, -0.1) is 0 Å². The van der Waals surface area contributed by atoms with Crippen LogP contribution in [0.2, 0.25) is 0 Å². The second-order valence-electron chi connectivity index (χ2n) is 6.53. The van der Waals surface area contributed by atoms with Crippen LogP contribution in [0.15, 0.2) is 0 Å². The molecule has 0 fully saturated rings. The van der Waals surface area contributed by atoms with Crippen molar-refractivity contribution >= 4 is 28.7 Å². The Balaban J connectivity index is 4.41. The van der Waals surface area contributed by atoms with Crippen molar-refractivity contribution in [3.63, 3.8) is 0 Å². The SMILES string of the molecule is CCN(CC(C)(CI)OCCOCCOC)C(=O)OC(C)(C)C. The molecule has 0 bridgehead atoms. The van der Waals surface area contributed by atoms with Crippen molar-refractivity contribution in [2.45, 2.75) is 45.8 Å². The zero-order valence-corrected chi connectivity index (χ0v) is 17.5. The molecule has 0 aliphatic carbocycles. The van der Waals surface area contributed by atoms with E-state index in [9.17, 15) is 4.79 Å². The number of likely N-dealkylation sites (N-methyl/N-ethyl adjacent to an activating group) is 1. The van der Waals surface area contributed by atoms with Gasteiger partial charge in [-0.3, -0.25) is 0 Å². The predicted molar refractivity (Wildman–Crippen MR) is 99.4 cm³/mol. The molecule has 0 aliphatic rings. The van der Waals surface area contributed by atoms with Crippen LogP contribution in [0.5, 0.6) is 0 Å². The summed E-state index contributed by atoms with van der Waals surface area (Å²) < 4.78 is 22.5. The second-order valence-corrected chi connectivity index (χ2v) is 7.29. The molecule has 1 atom stereocenters. The summed E-state index contributed by atoms with van der Waals surface area (Å²) >= 11 is 2.28. The Kier molecular flexibility index (Phi) is 11.4. The molecule has 7 heteroatoms. The molecule has 0 rings (SSSR count). The lowest BCUT2D eigenvalue weighted by atomic mass is 10.1. The van der Waals surface area contributed by atoms with Crippen molar-refractivity contribution in [2.75, 3.05) is 51.1 Å². The number of nitrogens with zero attached hydrogens (tertiary/aromatic N) is 1. The van der Waals surface area contributed by atoms with Crippen molar-refractivity contribution in [1.29, 1.82) is 0 Å². The van der Waals surface area contributed by atoms with Gasteiger partial charge in [0, 0.05) is 18.1 Å². The Morgan fingerprint density at radius 1 is 1.09 bits per heavy atom. The number of halogens is 1. The fourth-order valence-electron chi connectivity index (χ4n) is 1.75. The van der Waals surface area contributed by atoms with E-state index >= 15 is 0 Å². The van der Waals surface area contributed by atoms with Crippen molar-refractivity contribution in [1.82, 2.24) is 4.90 Å². The van der Waals surface area contributed by atoms with Gasteiger partial charge in [0.1, 0.15) is 5.60 Å². The second kappa shape index (κ2) is 11.4. The van der Waals surface area contributed by atoms with E-state index in [1.807, 2.05) is 34.6 Å². The first-order valence-electron chi connectivity index (χ1n) is 7.92. The number of alkyl halides is 1. The molecule has 0 saturated carbocycles. The molecule has 1 unspecified atom stereocenters. The van der Waals surface area contributed by atoms with Crippen LogP contribution < -0.4 is 0 Å². The molecular weight excluding hydrogens is 413 g/mol. The van der Waals surface area contributed by atoms with E-state index in [0.29, 0.717) is 39.5 Å². The first kappa shape index (κ1) is 22.9. The molecule has 0 radical (unpaired) electrons. The lowest BCUT2D eigenvalue weighted by Crippen LogP contribution is -2.48. The number of ether oxygens (including phenoxy) is 4. The maximum Gasteiger partial charge on any atom is 0.410 e. The van der Waals surface area contributed by atoms with Gasteiger partial charge in [-0.25, -0.2) is 4.79 Å². The lowest BCUT2D eigenvalue weighted by molar-refractivity contribution is -0.0629. The number of hydrogen-bond donors (Lipinski definition) is 0. The van der Waals surface area contributed by atoms with Crippen molar-refractivity contribution in [2.24, 2.45) is 0 Å². The van der Waals surface area contributed by atoms with Crippen LogP contribution in [0.25, 0.3) is 0 Å². The van der Waals surface area contributed by atoms with Gasteiger partial charge >= 0.3 is 6.09 Å². The molecule has 1 amide bonds. The minimum absolute atomic E-state index is 0.309. The molecule has 0 heterocycles. The van der Waals surface area contributed by atoms with Gasteiger partial charge in [-0.05, 0) is 34.6 Å². The normalized spacial score (nSPS) is 14.4. The van der Waals surface area contributed by atoms with E-state index in [0.717, 1.165) is 4.43 Å². The van der Waals surface area contributed by atoms with E-state index in [2.05, 4.69) is 22.6 Å². The molecule has 0 aromatic rings. The fourth-order valence-corrected chi connectivity index (χ4v) is 2.21. The maximum absolute atomic E-state index is 12.2. The number of carbonyl (C=O) groups is 1. The zero-order chi connectivity index (χ0) is 17.9. The van der Waals surface area contributed by atoms with Crippen LogP contribution in [0.4, 0.5) is 4.79 Å². The quantitative estimate of drug-likeness (QED) is 0.278. The van der Waals surface area contributed by atoms with Crippen molar-refractivity contribution in [3.8, 4) is 0 Å². The highest BCUT2D eigenvalue weighted by molar-refractivity contribution is 14.1. The Bertz CT molecular complexity index is 335. The van der Waals surface area contributed by atoms with Gasteiger partial charge in [-0.1, -0.05) is 22.6 Å². The standard InChI is InChI=1S/C16H32INO5/c1-7-18(14(19)23-15(2,3)4)13-16(5,12-17)22-11-10-21-9-8-20-6/h7-13H2,1-6H3. The summed E-state index contributed by atoms with van der Waals surface area (Å²) in [5.74, 6) is 0. The molecule has 138 valence electrons. The molecule has 23 heavy (non-hydrogen) atoms. The Hall–Kier alpha value is -0.120. The van der Waals surface area contributed by atoms with Crippen molar-refractivity contribution < 1.29 is 23.7 Å². The number of rotatable bonds is 11. The van der Waals surface area contributed by atoms with Crippen molar-refractivity contribution in [3.05, 3.63) is 0 Å². The monoisotopic (exact) mass is 445 g/mol. The van der Waals surface area contributed by atoms with Gasteiger partial charge in [0.25, 0.3) is 0 Å². The van der Waals surface area contributed by atoms with Crippen LogP contribution in [-0.2, 0) is 18.9 Å². The first-order valence-corrected chi connectivity index (χ1v) is 9.44. The van der Waals surface area contributed by atoms with E-state index in [-0.39, 0.29) is 6.09 Å². The molecule has 0 aromatic heterocycles. The van der Waals surface area contributed by atoms with Crippen LogP contribution in [0.3, 0.4) is 0 Å². The highest BCUT2D eigenvalue weighted by Gasteiger charge is 2.30. The fraction of sp³-hybridized carbons (Fsp3) is 0.938. The third-order valence-electron chi connectivity index (χ3n) is 2.95. The summed E-state index contributed by atoms with van der Waals surface area (Å²) in [6.45, 7) is 12.7. The summed E-state index contributed by atoms with van der Waals surface area (Å²) in [7, 11) is 1.64. The van der Waals surface area contributed by atoms with Gasteiger partial charge in [-0.2, -0.15) is 0 Å². The highest BCUT2D eigenvalue weighted by atomic mass is 127. The molecule has 0 N–H and O–H groups in total. The predicted octanol–water partition coefficient (Wildman–Crippen LogP) is 3.12. The lowest BCUT2D eigenvalue weighted by Gasteiger charge is -2.34. The summed E-state index contributed by atoms with van der Waals surface area (Å²) in [5.41, 5.74) is -0.931. The number of methoxy groups -OCH3 is 1. The van der Waals surface area contributed by atoms with Gasteiger partial charge in [0.15, 0.2) is 0 Å². The Labute approximate surface area is 154 Å². The summed E-state index contributed by atoms with van der Waals surface area (Å²) in [4.78, 5) is 13.9. The zero-order valence-electron chi connectivity index (χ0n) is 15.3. The van der Waals surface area contributed by atoms with Gasteiger partial charge in [0.05, 0.1) is 38.6 Å². The van der Waals surface area contributed by atoms with E-state index in [1.165, 1.54) is 0 Å². The van der Waals surface area contributed by atoms with Crippen LogP contribution >= 0.6 is 22.6 Å². The Morgan fingerprint density at radius 2 is 1.70 bits per heavy atom. The average Bonchev–Trinajstić information content (AvgIpc) is 2.46. The minimum Gasteiger partial charge on any atom is -0.444 e. The Morgan fingerprint density at radius 3 is 2.17 bits per heavy atom. The average molecular weight is 445 g/mol. The van der Waals surface area contributed by atoms with Crippen LogP contribution in [-0.4, -0.2) is 73.2 Å². The molecule has 0 spiro atoms. The minimum atomic E-state index is -0.499. The first-order chi connectivity index (χ1) is 10.7. The van der Waals surface area contributed by atoms with Crippen LogP contribution in [0, 0.1) is 0 Å². The molecule has 0 aliphatic heterocycles.